The van der Waals surface area contributed by atoms with Gasteiger partial charge in [0.15, 0.2) is 6.29 Å². The SMILES string of the molecule is COC1OCc2cccc3cccc-3c21. The van der Waals surface area contributed by atoms with E-state index >= 15 is 0 Å². The van der Waals surface area contributed by atoms with E-state index in [9.17, 15) is 0 Å². The predicted molar refractivity (Wildman–Crippen MR) is 57.6 cm³/mol. The van der Waals surface area contributed by atoms with E-state index in [1.165, 1.54) is 22.3 Å². The molecule has 1 unspecified atom stereocenters. The lowest BCUT2D eigenvalue weighted by Crippen LogP contribution is -1.98. The first kappa shape index (κ1) is 8.89. The minimum Gasteiger partial charge on any atom is -0.352 e. The van der Waals surface area contributed by atoms with Crippen molar-refractivity contribution in [3.05, 3.63) is 47.5 Å². The Kier molecular flexibility index (Phi) is 1.97. The molecule has 76 valence electrons. The summed E-state index contributed by atoms with van der Waals surface area (Å²) in [7, 11) is 1.68. The molecule has 2 nitrogen and oxygen atoms in total. The fourth-order valence-corrected chi connectivity index (χ4v) is 2.19. The van der Waals surface area contributed by atoms with Gasteiger partial charge in [0.05, 0.1) is 6.61 Å². The predicted octanol–water partition coefficient (Wildman–Crippen LogP) is 2.97. The molecule has 0 fully saturated rings. The molecule has 0 spiro atoms. The first-order valence-electron chi connectivity index (χ1n) is 5.05. The minimum atomic E-state index is -0.211. The Hall–Kier alpha value is -1.38. The Morgan fingerprint density at radius 3 is 2.80 bits per heavy atom. The average Bonchev–Trinajstić information content (AvgIpc) is 2.82. The van der Waals surface area contributed by atoms with Crippen molar-refractivity contribution in [2.75, 3.05) is 7.11 Å². The zero-order valence-electron chi connectivity index (χ0n) is 8.57. The molecule has 2 aliphatic carbocycles. The lowest BCUT2D eigenvalue weighted by molar-refractivity contribution is -0.117. The molecule has 1 heterocycles. The van der Waals surface area contributed by atoms with E-state index in [1.54, 1.807) is 7.11 Å². The highest BCUT2D eigenvalue weighted by Crippen LogP contribution is 2.39. The first-order valence-corrected chi connectivity index (χ1v) is 5.05. The van der Waals surface area contributed by atoms with Crippen LogP contribution in [0.3, 0.4) is 0 Å². The molecule has 2 heteroatoms. The summed E-state index contributed by atoms with van der Waals surface area (Å²) in [5.74, 6) is 0. The highest BCUT2D eigenvalue weighted by Gasteiger charge is 2.26. The number of methoxy groups -OCH3 is 1. The van der Waals surface area contributed by atoms with Gasteiger partial charge < -0.3 is 9.47 Å². The Bertz CT molecular complexity index is 464. The van der Waals surface area contributed by atoms with E-state index in [0.29, 0.717) is 6.61 Å². The lowest BCUT2D eigenvalue weighted by Gasteiger charge is -2.10. The molecule has 15 heavy (non-hydrogen) atoms. The van der Waals surface area contributed by atoms with Gasteiger partial charge in [-0.2, -0.15) is 0 Å². The smallest absolute Gasteiger partial charge is 0.184 e. The van der Waals surface area contributed by atoms with Crippen LogP contribution in [0, 0.1) is 0 Å². The van der Waals surface area contributed by atoms with Crippen molar-refractivity contribution in [1.29, 1.82) is 0 Å². The third-order valence-electron chi connectivity index (χ3n) is 2.90. The molecule has 0 bridgehead atoms. The Morgan fingerprint density at radius 1 is 1.20 bits per heavy atom. The summed E-state index contributed by atoms with van der Waals surface area (Å²) in [4.78, 5) is 0. The largest absolute Gasteiger partial charge is 0.352 e. The van der Waals surface area contributed by atoms with Gasteiger partial charge in [-0.1, -0.05) is 36.4 Å². The minimum absolute atomic E-state index is 0.211. The van der Waals surface area contributed by atoms with Gasteiger partial charge in [0.1, 0.15) is 0 Å². The van der Waals surface area contributed by atoms with Crippen molar-refractivity contribution < 1.29 is 9.47 Å². The van der Waals surface area contributed by atoms with Crippen LogP contribution >= 0.6 is 0 Å². The average molecular weight is 200 g/mol. The lowest BCUT2D eigenvalue weighted by atomic mass is 10.0. The second-order valence-electron chi connectivity index (χ2n) is 3.74. The summed E-state index contributed by atoms with van der Waals surface area (Å²) in [5, 5.41) is 0. The van der Waals surface area contributed by atoms with Gasteiger partial charge >= 0.3 is 0 Å². The maximum atomic E-state index is 5.57. The summed E-state index contributed by atoms with van der Waals surface area (Å²) in [6.07, 6.45) is -0.211. The number of hydrogen-bond donors (Lipinski definition) is 0. The van der Waals surface area contributed by atoms with Crippen LogP contribution in [0.1, 0.15) is 17.4 Å². The first-order chi connectivity index (χ1) is 7.40. The van der Waals surface area contributed by atoms with Gasteiger partial charge in [0, 0.05) is 12.7 Å². The van der Waals surface area contributed by atoms with Crippen LogP contribution in [-0.2, 0) is 16.1 Å². The molecule has 0 saturated carbocycles. The summed E-state index contributed by atoms with van der Waals surface area (Å²) in [6, 6.07) is 12.6. The van der Waals surface area contributed by atoms with Crippen molar-refractivity contribution in [1.82, 2.24) is 0 Å². The standard InChI is InChI=1S/C13H12O2/c1-14-13-12-10(8-15-13)6-2-4-9-5-3-7-11(9)12/h2-7,13H,8H2,1H3. The van der Waals surface area contributed by atoms with Gasteiger partial charge in [-0.3, -0.25) is 0 Å². The maximum Gasteiger partial charge on any atom is 0.184 e. The van der Waals surface area contributed by atoms with E-state index in [-0.39, 0.29) is 6.29 Å². The van der Waals surface area contributed by atoms with Gasteiger partial charge in [-0.25, -0.2) is 0 Å². The molecular weight excluding hydrogens is 188 g/mol. The summed E-state index contributed by atoms with van der Waals surface area (Å²) in [5.41, 5.74) is 4.88. The molecule has 0 radical (unpaired) electrons. The number of rotatable bonds is 1. The second kappa shape index (κ2) is 3.33. The van der Waals surface area contributed by atoms with Crippen LogP contribution in [0.15, 0.2) is 36.4 Å². The van der Waals surface area contributed by atoms with Gasteiger partial charge in [-0.15, -0.1) is 0 Å². The summed E-state index contributed by atoms with van der Waals surface area (Å²) in [6.45, 7) is 0.642. The number of fused-ring (bicyclic) bond motifs is 3. The third-order valence-corrected chi connectivity index (χ3v) is 2.90. The van der Waals surface area contributed by atoms with E-state index in [1.807, 2.05) is 0 Å². The topological polar surface area (TPSA) is 18.5 Å². The van der Waals surface area contributed by atoms with Crippen molar-refractivity contribution in [2.24, 2.45) is 0 Å². The zero-order chi connectivity index (χ0) is 10.3. The van der Waals surface area contributed by atoms with E-state index < -0.39 is 0 Å². The van der Waals surface area contributed by atoms with Crippen LogP contribution < -0.4 is 0 Å². The fraction of sp³-hybridized carbons (Fsp3) is 0.231. The van der Waals surface area contributed by atoms with Crippen LogP contribution in [-0.4, -0.2) is 7.11 Å². The van der Waals surface area contributed by atoms with Crippen LogP contribution in [0.25, 0.3) is 11.1 Å². The Balaban J connectivity index is 2.28. The van der Waals surface area contributed by atoms with E-state index in [0.717, 1.165) is 0 Å². The third kappa shape index (κ3) is 1.26. The molecule has 3 aliphatic rings. The maximum absolute atomic E-state index is 5.57. The second-order valence-corrected chi connectivity index (χ2v) is 3.74. The quantitative estimate of drug-likeness (QED) is 0.704. The highest BCUT2D eigenvalue weighted by atomic mass is 16.7. The van der Waals surface area contributed by atoms with Gasteiger partial charge in [0.25, 0.3) is 0 Å². The van der Waals surface area contributed by atoms with Crippen LogP contribution in [0.5, 0.6) is 0 Å². The molecule has 0 aromatic rings. The fourth-order valence-electron chi connectivity index (χ4n) is 2.19. The molecule has 0 aromatic carbocycles. The Labute approximate surface area is 88.8 Å². The summed E-state index contributed by atoms with van der Waals surface area (Å²) >= 11 is 0. The van der Waals surface area contributed by atoms with E-state index in [4.69, 9.17) is 9.47 Å². The van der Waals surface area contributed by atoms with Gasteiger partial charge in [0.2, 0.25) is 0 Å². The molecule has 0 amide bonds. The molecule has 0 saturated heterocycles. The molecule has 0 aromatic heterocycles. The highest BCUT2D eigenvalue weighted by molar-refractivity contribution is 5.71. The van der Waals surface area contributed by atoms with Crippen LogP contribution in [0.4, 0.5) is 0 Å². The normalized spacial score (nSPS) is 19.4. The molecule has 0 N–H and O–H groups in total. The van der Waals surface area contributed by atoms with Gasteiger partial charge in [-0.05, 0) is 16.7 Å². The van der Waals surface area contributed by atoms with Crippen molar-refractivity contribution in [2.45, 2.75) is 12.9 Å². The molecule has 1 aliphatic heterocycles. The Morgan fingerprint density at radius 2 is 2.00 bits per heavy atom. The summed E-state index contributed by atoms with van der Waals surface area (Å²) < 4.78 is 10.9. The molecule has 1 atom stereocenters. The zero-order valence-corrected chi connectivity index (χ0v) is 8.57. The molecule has 3 rings (SSSR count). The van der Waals surface area contributed by atoms with Crippen molar-refractivity contribution >= 4 is 0 Å². The number of hydrogen-bond acceptors (Lipinski definition) is 2. The molecular formula is C13H12O2. The van der Waals surface area contributed by atoms with Crippen molar-refractivity contribution in [3.8, 4) is 11.1 Å². The number of ether oxygens (including phenoxy) is 2. The van der Waals surface area contributed by atoms with Crippen molar-refractivity contribution in [3.63, 3.8) is 0 Å². The van der Waals surface area contributed by atoms with Crippen LogP contribution in [0.2, 0.25) is 0 Å². The van der Waals surface area contributed by atoms with E-state index in [2.05, 4.69) is 36.4 Å². The monoisotopic (exact) mass is 200 g/mol.